The van der Waals surface area contributed by atoms with E-state index in [0.717, 1.165) is 60.1 Å². The van der Waals surface area contributed by atoms with E-state index in [9.17, 15) is 0 Å². The first-order valence-corrected chi connectivity index (χ1v) is 15.2. The van der Waals surface area contributed by atoms with Crippen molar-refractivity contribution in [3.63, 3.8) is 0 Å². The molecule has 2 aliphatic heterocycles. The van der Waals surface area contributed by atoms with E-state index in [-0.39, 0.29) is 0 Å². The van der Waals surface area contributed by atoms with E-state index >= 15 is 0 Å². The first-order chi connectivity index (χ1) is 20.8. The Kier molecular flexibility index (Phi) is 9.10. The van der Waals surface area contributed by atoms with E-state index in [1.807, 2.05) is 48.5 Å². The summed E-state index contributed by atoms with van der Waals surface area (Å²) < 4.78 is 0. The molecule has 0 radical (unpaired) electrons. The van der Waals surface area contributed by atoms with E-state index < -0.39 is 0 Å². The minimum absolute atomic E-state index is 0.836. The average Bonchev–Trinajstić information content (AvgIpc) is 3.08. The standard InChI is InChI=1S/C36H38N6/c1-3-25-41(26-4-1)35-21-17-33(18-22-35)39-37-31-13-9-29(10-14-31)7-8-30-11-15-32(16-12-30)38-40-34-19-23-36(24-20-34)42-27-5-2-6-28-42/h7-24H,1-6,25-28H2. The quantitative estimate of drug-likeness (QED) is 0.161. The fraction of sp³-hybridized carbons (Fsp3) is 0.278. The molecular weight excluding hydrogens is 516 g/mol. The van der Waals surface area contributed by atoms with Crippen LogP contribution in [0, 0.1) is 0 Å². The summed E-state index contributed by atoms with van der Waals surface area (Å²) in [6.07, 6.45) is 12.0. The molecule has 0 atom stereocenters. The Bertz CT molecular complexity index is 1370. The van der Waals surface area contributed by atoms with Crippen LogP contribution in [-0.4, -0.2) is 26.2 Å². The van der Waals surface area contributed by atoms with Crippen LogP contribution in [0.25, 0.3) is 12.2 Å². The lowest BCUT2D eigenvalue weighted by Crippen LogP contribution is -2.29. The summed E-state index contributed by atoms with van der Waals surface area (Å²) in [6, 6.07) is 33.0. The van der Waals surface area contributed by atoms with Gasteiger partial charge < -0.3 is 9.80 Å². The monoisotopic (exact) mass is 554 g/mol. The molecule has 2 aliphatic rings. The number of rotatable bonds is 8. The largest absolute Gasteiger partial charge is 0.372 e. The third kappa shape index (κ3) is 7.58. The lowest BCUT2D eigenvalue weighted by atomic mass is 10.1. The van der Waals surface area contributed by atoms with Gasteiger partial charge in [-0.05, 0) is 122 Å². The third-order valence-electron chi connectivity index (χ3n) is 7.96. The molecule has 0 amide bonds. The maximum absolute atomic E-state index is 4.42. The average molecular weight is 555 g/mol. The lowest BCUT2D eigenvalue weighted by molar-refractivity contribution is 0.578. The number of azo groups is 2. The van der Waals surface area contributed by atoms with Crippen LogP contribution in [0.2, 0.25) is 0 Å². The fourth-order valence-electron chi connectivity index (χ4n) is 5.49. The SMILES string of the molecule is C(=Cc1ccc(N=Nc2ccc(N3CCCCC3)cc2)cc1)c1ccc(N=Nc2ccc(N3CCCCC3)cc2)cc1. The van der Waals surface area contributed by atoms with Crippen molar-refractivity contribution in [1.29, 1.82) is 0 Å². The molecule has 6 rings (SSSR count). The number of hydrogen-bond acceptors (Lipinski definition) is 6. The van der Waals surface area contributed by atoms with Crippen LogP contribution < -0.4 is 9.80 Å². The van der Waals surface area contributed by atoms with Crippen molar-refractivity contribution >= 4 is 46.3 Å². The second-order valence-electron chi connectivity index (χ2n) is 11.0. The lowest BCUT2D eigenvalue weighted by Gasteiger charge is -2.28. The Labute approximate surface area is 249 Å². The number of piperidine rings is 2. The number of nitrogens with zero attached hydrogens (tertiary/aromatic N) is 6. The topological polar surface area (TPSA) is 55.9 Å². The van der Waals surface area contributed by atoms with Gasteiger partial charge in [-0.25, -0.2) is 0 Å². The highest BCUT2D eigenvalue weighted by Gasteiger charge is 2.11. The first-order valence-electron chi connectivity index (χ1n) is 15.2. The van der Waals surface area contributed by atoms with Gasteiger partial charge in [0.25, 0.3) is 0 Å². The molecule has 6 heteroatoms. The van der Waals surface area contributed by atoms with Gasteiger partial charge in [0, 0.05) is 37.6 Å². The zero-order valence-electron chi connectivity index (χ0n) is 24.1. The van der Waals surface area contributed by atoms with Crippen molar-refractivity contribution in [1.82, 2.24) is 0 Å². The number of benzene rings is 4. The van der Waals surface area contributed by atoms with Gasteiger partial charge in [-0.3, -0.25) is 0 Å². The van der Waals surface area contributed by atoms with Crippen molar-refractivity contribution in [2.75, 3.05) is 36.0 Å². The Balaban J connectivity index is 0.996. The molecule has 0 saturated carbocycles. The summed E-state index contributed by atoms with van der Waals surface area (Å²) in [5.74, 6) is 0. The van der Waals surface area contributed by atoms with E-state index in [0.29, 0.717) is 0 Å². The minimum Gasteiger partial charge on any atom is -0.372 e. The van der Waals surface area contributed by atoms with Crippen molar-refractivity contribution in [2.45, 2.75) is 38.5 Å². The number of anilines is 2. The summed E-state index contributed by atoms with van der Waals surface area (Å²) in [4.78, 5) is 4.90. The van der Waals surface area contributed by atoms with Crippen LogP contribution in [0.4, 0.5) is 34.1 Å². The van der Waals surface area contributed by atoms with Gasteiger partial charge in [0.1, 0.15) is 0 Å². The van der Waals surface area contributed by atoms with Crippen LogP contribution in [0.15, 0.2) is 118 Å². The van der Waals surface area contributed by atoms with Crippen molar-refractivity contribution in [2.24, 2.45) is 20.5 Å². The zero-order chi connectivity index (χ0) is 28.4. The van der Waals surface area contributed by atoms with Crippen LogP contribution in [-0.2, 0) is 0 Å². The highest BCUT2D eigenvalue weighted by atomic mass is 15.1. The highest BCUT2D eigenvalue weighted by molar-refractivity contribution is 5.71. The summed E-state index contributed by atoms with van der Waals surface area (Å²) >= 11 is 0. The van der Waals surface area contributed by atoms with Gasteiger partial charge in [-0.1, -0.05) is 36.4 Å². The molecule has 6 nitrogen and oxygen atoms in total. The number of hydrogen-bond donors (Lipinski definition) is 0. The van der Waals surface area contributed by atoms with Gasteiger partial charge in [0.05, 0.1) is 22.7 Å². The summed E-state index contributed by atoms with van der Waals surface area (Å²) in [6.45, 7) is 4.59. The molecule has 4 aromatic rings. The Hall–Kier alpha value is -4.58. The van der Waals surface area contributed by atoms with Crippen molar-refractivity contribution < 1.29 is 0 Å². The molecule has 42 heavy (non-hydrogen) atoms. The summed E-state index contributed by atoms with van der Waals surface area (Å²) in [5, 5.41) is 17.7. The van der Waals surface area contributed by atoms with E-state index in [1.165, 1.54) is 49.9 Å². The Morgan fingerprint density at radius 2 is 0.643 bits per heavy atom. The van der Waals surface area contributed by atoms with Crippen molar-refractivity contribution in [3.8, 4) is 0 Å². The van der Waals surface area contributed by atoms with Gasteiger partial charge in [-0.15, -0.1) is 0 Å². The second-order valence-corrected chi connectivity index (χ2v) is 11.0. The predicted molar refractivity (Wildman–Crippen MR) is 175 cm³/mol. The van der Waals surface area contributed by atoms with Crippen LogP contribution in [0.1, 0.15) is 49.7 Å². The first kappa shape index (κ1) is 27.6. The molecule has 0 aromatic heterocycles. The van der Waals surface area contributed by atoms with Gasteiger partial charge >= 0.3 is 0 Å². The molecule has 2 heterocycles. The third-order valence-corrected chi connectivity index (χ3v) is 7.96. The molecule has 0 spiro atoms. The van der Waals surface area contributed by atoms with E-state index in [1.54, 1.807) is 0 Å². The highest BCUT2D eigenvalue weighted by Crippen LogP contribution is 2.26. The molecule has 0 unspecified atom stereocenters. The Morgan fingerprint density at radius 1 is 0.357 bits per heavy atom. The van der Waals surface area contributed by atoms with Crippen LogP contribution in [0.5, 0.6) is 0 Å². The van der Waals surface area contributed by atoms with Gasteiger partial charge in [-0.2, -0.15) is 20.5 Å². The maximum Gasteiger partial charge on any atom is 0.0858 e. The van der Waals surface area contributed by atoms with Crippen LogP contribution in [0.3, 0.4) is 0 Å². The zero-order valence-corrected chi connectivity index (χ0v) is 24.1. The summed E-state index contributed by atoms with van der Waals surface area (Å²) in [7, 11) is 0. The fourth-order valence-corrected chi connectivity index (χ4v) is 5.49. The smallest absolute Gasteiger partial charge is 0.0858 e. The van der Waals surface area contributed by atoms with Gasteiger partial charge in [0.15, 0.2) is 0 Å². The van der Waals surface area contributed by atoms with Crippen LogP contribution >= 0.6 is 0 Å². The molecule has 0 N–H and O–H groups in total. The predicted octanol–water partition coefficient (Wildman–Crippen LogP) is 10.7. The molecule has 212 valence electrons. The minimum atomic E-state index is 0.836. The molecule has 0 bridgehead atoms. The molecule has 0 aliphatic carbocycles. The molecule has 4 aromatic carbocycles. The van der Waals surface area contributed by atoms with Gasteiger partial charge in [0.2, 0.25) is 0 Å². The molecule has 2 fully saturated rings. The molecule has 2 saturated heterocycles. The Morgan fingerprint density at radius 3 is 0.952 bits per heavy atom. The maximum atomic E-state index is 4.42. The van der Waals surface area contributed by atoms with E-state index in [4.69, 9.17) is 0 Å². The summed E-state index contributed by atoms with van der Waals surface area (Å²) in [5.41, 5.74) is 8.18. The van der Waals surface area contributed by atoms with Crippen molar-refractivity contribution in [3.05, 3.63) is 108 Å². The van der Waals surface area contributed by atoms with E-state index in [2.05, 4.69) is 90.9 Å². The molecular formula is C36H38N6. The second kappa shape index (κ2) is 13.9. The normalized spacial score (nSPS) is 16.2.